The Morgan fingerprint density at radius 3 is 2.90 bits per heavy atom. The summed E-state index contributed by atoms with van der Waals surface area (Å²) in [4.78, 5) is 5.66. The maximum atomic E-state index is 14.0. The Morgan fingerprint density at radius 1 is 1.37 bits per heavy atom. The molecule has 8 nitrogen and oxygen atoms in total. The predicted octanol–water partition coefficient (Wildman–Crippen LogP) is 3.91. The molecule has 3 aromatic rings. The smallest absolute Gasteiger partial charge is 0.166 e. The van der Waals surface area contributed by atoms with E-state index in [1.54, 1.807) is 19.2 Å². The zero-order valence-corrected chi connectivity index (χ0v) is 16.6. The molecule has 0 amide bonds. The molecule has 9 heteroatoms. The van der Waals surface area contributed by atoms with Gasteiger partial charge in [0.1, 0.15) is 17.8 Å². The number of nitrogens with two attached hydrogens (primary N) is 1. The van der Waals surface area contributed by atoms with Crippen LogP contribution in [0.2, 0.25) is 0 Å². The number of halogens is 1. The van der Waals surface area contributed by atoms with E-state index in [1.165, 1.54) is 23.1 Å². The van der Waals surface area contributed by atoms with E-state index in [9.17, 15) is 4.39 Å². The number of fused-ring (bicyclic) bond motifs is 5. The molecule has 1 aromatic carbocycles. The van der Waals surface area contributed by atoms with Gasteiger partial charge >= 0.3 is 0 Å². The van der Waals surface area contributed by atoms with Gasteiger partial charge in [-0.15, -0.1) is 0 Å². The van der Waals surface area contributed by atoms with E-state index in [1.807, 2.05) is 6.92 Å². The van der Waals surface area contributed by atoms with Gasteiger partial charge in [0.15, 0.2) is 17.3 Å². The number of hydrogen-bond donors (Lipinski definition) is 3. The Balaban J connectivity index is 1.97. The van der Waals surface area contributed by atoms with E-state index in [2.05, 4.69) is 10.1 Å². The third kappa shape index (κ3) is 3.28. The summed E-state index contributed by atoms with van der Waals surface area (Å²) in [5.41, 5.74) is 9.10. The topological polar surface area (TPSA) is 125 Å². The summed E-state index contributed by atoms with van der Waals surface area (Å²) in [7, 11) is 0. The van der Waals surface area contributed by atoms with Crippen LogP contribution in [0.4, 0.5) is 10.2 Å². The van der Waals surface area contributed by atoms with Gasteiger partial charge in [0.05, 0.1) is 24.1 Å². The van der Waals surface area contributed by atoms with Crippen LogP contribution in [0.1, 0.15) is 42.5 Å². The molecule has 3 heterocycles. The second-order valence-electron chi connectivity index (χ2n) is 6.99. The first-order chi connectivity index (χ1) is 14.4. The number of amidine groups is 1. The van der Waals surface area contributed by atoms with Crippen molar-refractivity contribution in [2.24, 2.45) is 0 Å². The molecule has 0 spiro atoms. The Bertz CT molecular complexity index is 1140. The molecule has 4 rings (SSSR count). The number of rotatable bonds is 2. The highest BCUT2D eigenvalue weighted by Crippen LogP contribution is 2.36. The lowest BCUT2D eigenvalue weighted by Crippen LogP contribution is -2.30. The fraction of sp³-hybridized carbons (Fsp3) is 0.238. The van der Waals surface area contributed by atoms with Gasteiger partial charge in [-0.3, -0.25) is 10.8 Å². The van der Waals surface area contributed by atoms with E-state index < -0.39 is 11.9 Å². The van der Waals surface area contributed by atoms with Crippen LogP contribution in [0.5, 0.6) is 5.75 Å². The molecule has 0 radical (unpaired) electrons. The van der Waals surface area contributed by atoms with Crippen LogP contribution < -0.4 is 10.5 Å². The molecule has 0 fully saturated rings. The van der Waals surface area contributed by atoms with Gasteiger partial charge in [-0.05, 0) is 37.6 Å². The average molecular weight is 408 g/mol. The van der Waals surface area contributed by atoms with Crippen LogP contribution >= 0.6 is 0 Å². The van der Waals surface area contributed by atoms with Gasteiger partial charge < -0.3 is 19.9 Å². The Hall–Kier alpha value is -3.75. The molecule has 4 N–H and O–H groups in total. The normalized spacial score (nSPS) is 16.0. The number of anilines is 1. The summed E-state index contributed by atoms with van der Waals surface area (Å²) >= 11 is 0. The number of nitrogen functional groups attached to an aromatic ring is 1. The molecular weight excluding hydrogens is 387 g/mol. The van der Waals surface area contributed by atoms with Crippen molar-refractivity contribution in [2.45, 2.75) is 32.9 Å². The lowest BCUT2D eigenvalue weighted by atomic mass is 9.99. The molecule has 1 unspecified atom stereocenters. The number of aromatic nitrogens is 2. The fourth-order valence-electron chi connectivity index (χ4n) is 3.56. The van der Waals surface area contributed by atoms with Crippen LogP contribution in [0.15, 0.2) is 35.0 Å². The van der Waals surface area contributed by atoms with E-state index >= 15 is 0 Å². The Kier molecular flexibility index (Phi) is 4.94. The predicted molar refractivity (Wildman–Crippen MR) is 110 cm³/mol. The van der Waals surface area contributed by atoms with E-state index in [4.69, 9.17) is 25.8 Å². The maximum Gasteiger partial charge on any atom is 0.166 e. The molecular formula is C21H21FN6O2. The van der Waals surface area contributed by atoms with Crippen LogP contribution in [-0.2, 0) is 13.0 Å². The van der Waals surface area contributed by atoms with Gasteiger partial charge in [0, 0.05) is 22.9 Å². The third-order valence-electron chi connectivity index (χ3n) is 5.11. The lowest BCUT2D eigenvalue weighted by Gasteiger charge is -2.25. The summed E-state index contributed by atoms with van der Waals surface area (Å²) in [5, 5.41) is 20.7. The molecule has 2 bridgehead atoms. The monoisotopic (exact) mass is 408 g/mol. The Labute approximate surface area is 172 Å². The highest BCUT2D eigenvalue weighted by molar-refractivity contribution is 6.03. The minimum Gasteiger partial charge on any atom is -0.482 e. The summed E-state index contributed by atoms with van der Waals surface area (Å²) in [6, 6.07) is 5.87. The SMILES string of the molecule is CCc1noc2c1-c1cnc(N)c(c1)OC(C)c1cc(F)ccc1C(=N)N(C=N)C2. The number of benzene rings is 1. The molecule has 2 aromatic heterocycles. The molecule has 154 valence electrons. The van der Waals surface area contributed by atoms with E-state index in [-0.39, 0.29) is 18.2 Å². The first-order valence-corrected chi connectivity index (χ1v) is 9.48. The third-order valence-corrected chi connectivity index (χ3v) is 5.11. The minimum absolute atomic E-state index is 0.0196. The van der Waals surface area contributed by atoms with Crippen LogP contribution in [0, 0.1) is 16.6 Å². The summed E-state index contributed by atoms with van der Waals surface area (Å²) in [6.07, 6.45) is 2.66. The Morgan fingerprint density at radius 2 is 2.17 bits per heavy atom. The number of nitrogens with one attached hydrogen (secondary N) is 2. The van der Waals surface area contributed by atoms with Crippen molar-refractivity contribution in [3.63, 3.8) is 0 Å². The van der Waals surface area contributed by atoms with Crippen molar-refractivity contribution >= 4 is 18.0 Å². The first kappa shape index (κ1) is 19.6. The van der Waals surface area contributed by atoms with Crippen molar-refractivity contribution in [1.82, 2.24) is 15.0 Å². The quantitative estimate of drug-likeness (QED) is 0.436. The zero-order valence-electron chi connectivity index (χ0n) is 16.6. The highest BCUT2D eigenvalue weighted by atomic mass is 19.1. The van der Waals surface area contributed by atoms with Gasteiger partial charge in [0.2, 0.25) is 0 Å². The molecule has 0 aliphatic carbocycles. The second-order valence-corrected chi connectivity index (χ2v) is 6.99. The molecule has 1 atom stereocenters. The van der Waals surface area contributed by atoms with Crippen molar-refractivity contribution in [1.29, 1.82) is 10.8 Å². The van der Waals surface area contributed by atoms with Gasteiger partial charge in [-0.2, -0.15) is 0 Å². The number of hydrogen-bond acceptors (Lipinski definition) is 7. The fourth-order valence-corrected chi connectivity index (χ4v) is 3.56. The highest BCUT2D eigenvalue weighted by Gasteiger charge is 2.26. The van der Waals surface area contributed by atoms with Crippen LogP contribution in [0.3, 0.4) is 0 Å². The molecule has 1 aliphatic rings. The first-order valence-electron chi connectivity index (χ1n) is 9.48. The lowest BCUT2D eigenvalue weighted by molar-refractivity contribution is 0.227. The van der Waals surface area contributed by atoms with Crippen LogP contribution in [0.25, 0.3) is 11.1 Å². The van der Waals surface area contributed by atoms with E-state index in [0.717, 1.165) is 17.6 Å². The molecule has 0 saturated heterocycles. The summed E-state index contributed by atoms with van der Waals surface area (Å²) in [5.74, 6) is 0.602. The zero-order chi connectivity index (χ0) is 21.4. The molecule has 1 aliphatic heterocycles. The number of nitrogens with zero attached hydrogens (tertiary/aromatic N) is 3. The van der Waals surface area contributed by atoms with Gasteiger partial charge in [0.25, 0.3) is 0 Å². The average Bonchev–Trinajstić information content (AvgIpc) is 3.15. The second kappa shape index (κ2) is 7.58. The number of ether oxygens (including phenoxy) is 1. The summed E-state index contributed by atoms with van der Waals surface area (Å²) < 4.78 is 25.6. The number of aryl methyl sites for hydroxylation is 1. The van der Waals surface area contributed by atoms with Gasteiger partial charge in [-0.1, -0.05) is 12.1 Å². The van der Waals surface area contributed by atoms with Gasteiger partial charge in [-0.25, -0.2) is 9.37 Å². The standard InChI is InChI=1S/C21H21FN6O2/c1-3-16-19-12-6-17(20(24)26-8-12)29-11(2)15-7-13(22)4-5-14(15)21(25)28(10-23)9-18(19)30-27-16/h4-8,10-11,23,25H,3,9H2,1-2H3,(H2,24,26). The number of pyridine rings is 1. The van der Waals surface area contributed by atoms with Crippen molar-refractivity contribution in [3.05, 3.63) is 58.9 Å². The molecule has 0 saturated carbocycles. The molecule has 30 heavy (non-hydrogen) atoms. The maximum absolute atomic E-state index is 14.0. The largest absolute Gasteiger partial charge is 0.482 e. The summed E-state index contributed by atoms with van der Waals surface area (Å²) in [6.45, 7) is 3.82. The van der Waals surface area contributed by atoms with Crippen molar-refractivity contribution in [3.8, 4) is 16.9 Å². The van der Waals surface area contributed by atoms with Crippen LogP contribution in [-0.4, -0.2) is 27.2 Å². The van der Waals surface area contributed by atoms with E-state index in [0.29, 0.717) is 34.6 Å². The minimum atomic E-state index is -0.616. The van der Waals surface area contributed by atoms with Crippen molar-refractivity contribution in [2.75, 3.05) is 5.73 Å². The van der Waals surface area contributed by atoms with Crippen molar-refractivity contribution < 1.29 is 13.7 Å².